The number of nitrogens with zero attached hydrogens (tertiary/aromatic N) is 3. The number of aryl methyl sites for hydroxylation is 2. The molecule has 0 unspecified atom stereocenters. The highest BCUT2D eigenvalue weighted by molar-refractivity contribution is 5.93. The van der Waals surface area contributed by atoms with Crippen molar-refractivity contribution in [1.29, 1.82) is 0 Å². The largest absolute Gasteiger partial charge is 0.347 e. The van der Waals surface area contributed by atoms with E-state index in [4.69, 9.17) is 0 Å². The summed E-state index contributed by atoms with van der Waals surface area (Å²) < 4.78 is 1.86. The van der Waals surface area contributed by atoms with Crippen molar-refractivity contribution >= 4 is 5.91 Å². The molecule has 4 heteroatoms. The Morgan fingerprint density at radius 1 is 1.12 bits per heavy atom. The summed E-state index contributed by atoms with van der Waals surface area (Å²) in [4.78, 5) is 19.4. The van der Waals surface area contributed by atoms with Crippen LogP contribution >= 0.6 is 0 Å². The van der Waals surface area contributed by atoms with Crippen LogP contribution < -0.4 is 0 Å². The van der Waals surface area contributed by atoms with Crippen LogP contribution in [0.3, 0.4) is 0 Å². The quantitative estimate of drug-likeness (QED) is 0.708. The first kappa shape index (κ1) is 17.0. The highest BCUT2D eigenvalue weighted by Crippen LogP contribution is 2.29. The molecule has 1 aromatic carbocycles. The second kappa shape index (κ2) is 7.34. The van der Waals surface area contributed by atoms with Gasteiger partial charge in [-0.05, 0) is 43.2 Å². The third kappa shape index (κ3) is 3.48. The molecule has 0 aliphatic rings. The lowest BCUT2D eigenvalue weighted by Gasteiger charge is -2.31. The molecular weight excluding hydrogens is 310 g/mol. The van der Waals surface area contributed by atoms with Crippen molar-refractivity contribution in [3.8, 4) is 0 Å². The van der Waals surface area contributed by atoms with Gasteiger partial charge in [0.05, 0.1) is 6.04 Å². The molecule has 4 nitrogen and oxygen atoms in total. The van der Waals surface area contributed by atoms with Crippen molar-refractivity contribution in [2.24, 2.45) is 7.05 Å². The van der Waals surface area contributed by atoms with Crippen LogP contribution in [0.5, 0.6) is 0 Å². The van der Waals surface area contributed by atoms with Crippen LogP contribution in [-0.2, 0) is 7.05 Å². The van der Waals surface area contributed by atoms with E-state index in [-0.39, 0.29) is 11.9 Å². The molecule has 0 aliphatic heterocycles. The van der Waals surface area contributed by atoms with E-state index in [0.717, 1.165) is 11.1 Å². The normalized spacial score (nSPS) is 12.0. The van der Waals surface area contributed by atoms with E-state index in [0.29, 0.717) is 12.2 Å². The van der Waals surface area contributed by atoms with Gasteiger partial charge in [-0.15, -0.1) is 0 Å². The van der Waals surface area contributed by atoms with E-state index < -0.39 is 0 Å². The second-order valence-electron chi connectivity index (χ2n) is 6.20. The van der Waals surface area contributed by atoms with Crippen LogP contribution in [0.2, 0.25) is 0 Å². The molecule has 0 spiro atoms. The first-order chi connectivity index (χ1) is 12.1. The molecule has 0 aliphatic carbocycles. The number of rotatable bonds is 5. The second-order valence-corrected chi connectivity index (χ2v) is 6.20. The number of benzene rings is 1. The van der Waals surface area contributed by atoms with Crippen molar-refractivity contribution in [2.45, 2.75) is 19.9 Å². The van der Waals surface area contributed by atoms with Crippen LogP contribution in [0.4, 0.5) is 0 Å². The van der Waals surface area contributed by atoms with Crippen LogP contribution in [0, 0.1) is 6.92 Å². The van der Waals surface area contributed by atoms with Crippen molar-refractivity contribution in [3.05, 3.63) is 89.5 Å². The van der Waals surface area contributed by atoms with E-state index in [9.17, 15) is 4.79 Å². The van der Waals surface area contributed by atoms with E-state index >= 15 is 0 Å². The Bertz CT molecular complexity index is 837. The van der Waals surface area contributed by atoms with E-state index in [1.165, 1.54) is 5.56 Å². The van der Waals surface area contributed by atoms with Gasteiger partial charge in [-0.1, -0.05) is 35.9 Å². The van der Waals surface area contributed by atoms with Crippen LogP contribution in [-0.4, -0.2) is 26.9 Å². The number of pyridine rings is 1. The third-order valence-corrected chi connectivity index (χ3v) is 4.47. The van der Waals surface area contributed by atoms with Gasteiger partial charge in [0.25, 0.3) is 5.91 Å². The fourth-order valence-corrected chi connectivity index (χ4v) is 3.11. The minimum Gasteiger partial charge on any atom is -0.347 e. The van der Waals surface area contributed by atoms with Crippen LogP contribution in [0.1, 0.15) is 40.1 Å². The van der Waals surface area contributed by atoms with Crippen molar-refractivity contribution in [2.75, 3.05) is 6.54 Å². The predicted octanol–water partition coefficient (Wildman–Crippen LogP) is 3.98. The average molecular weight is 333 g/mol. The van der Waals surface area contributed by atoms with Gasteiger partial charge in [0.1, 0.15) is 5.69 Å². The summed E-state index contributed by atoms with van der Waals surface area (Å²) in [6.45, 7) is 4.69. The number of hydrogen-bond acceptors (Lipinski definition) is 2. The predicted molar refractivity (Wildman–Crippen MR) is 99.4 cm³/mol. The standard InChI is InChI=1S/C21H23N3O/c1-4-24(21(25)19-8-6-14-23(19)3)20(18-7-5-13-22-15-18)17-11-9-16(2)10-12-17/h5-15,20H,4H2,1-3H3/t20-/m1/s1. The SMILES string of the molecule is CCN(C(=O)c1cccn1C)[C@H](c1ccc(C)cc1)c1cccnc1. The van der Waals surface area contributed by atoms with Gasteiger partial charge < -0.3 is 9.47 Å². The Hall–Kier alpha value is -2.88. The third-order valence-electron chi connectivity index (χ3n) is 4.47. The fourth-order valence-electron chi connectivity index (χ4n) is 3.11. The summed E-state index contributed by atoms with van der Waals surface area (Å²) in [6.07, 6.45) is 5.49. The summed E-state index contributed by atoms with van der Waals surface area (Å²) in [5.74, 6) is 0.0180. The minimum atomic E-state index is -0.165. The van der Waals surface area contributed by atoms with E-state index in [1.807, 2.05) is 60.1 Å². The average Bonchev–Trinajstić information content (AvgIpc) is 3.07. The summed E-state index contributed by atoms with van der Waals surface area (Å²) in [6, 6.07) is 15.9. The summed E-state index contributed by atoms with van der Waals surface area (Å²) >= 11 is 0. The van der Waals surface area contributed by atoms with Crippen LogP contribution in [0.15, 0.2) is 67.1 Å². The number of carbonyl (C=O) groups is 1. The maximum Gasteiger partial charge on any atom is 0.271 e. The molecular formula is C21H23N3O. The molecule has 128 valence electrons. The highest BCUT2D eigenvalue weighted by atomic mass is 16.2. The smallest absolute Gasteiger partial charge is 0.271 e. The minimum absolute atomic E-state index is 0.0180. The molecule has 0 saturated carbocycles. The topological polar surface area (TPSA) is 38.1 Å². The molecule has 0 fully saturated rings. The summed E-state index contributed by atoms with van der Waals surface area (Å²) in [7, 11) is 1.89. The fraction of sp³-hybridized carbons (Fsp3) is 0.238. The number of hydrogen-bond donors (Lipinski definition) is 0. The lowest BCUT2D eigenvalue weighted by Crippen LogP contribution is -2.36. The molecule has 0 N–H and O–H groups in total. The van der Waals surface area contributed by atoms with Gasteiger partial charge in [0.2, 0.25) is 0 Å². The van der Waals surface area contributed by atoms with Crippen molar-refractivity contribution in [3.63, 3.8) is 0 Å². The van der Waals surface area contributed by atoms with Gasteiger partial charge in [-0.25, -0.2) is 0 Å². The Labute approximate surface area is 148 Å². The lowest BCUT2D eigenvalue weighted by atomic mass is 9.97. The first-order valence-corrected chi connectivity index (χ1v) is 8.50. The number of amides is 1. The molecule has 2 aromatic heterocycles. The molecule has 25 heavy (non-hydrogen) atoms. The highest BCUT2D eigenvalue weighted by Gasteiger charge is 2.27. The Morgan fingerprint density at radius 2 is 1.88 bits per heavy atom. The Balaban J connectivity index is 2.07. The monoisotopic (exact) mass is 333 g/mol. The zero-order chi connectivity index (χ0) is 17.8. The van der Waals surface area contributed by atoms with Crippen molar-refractivity contribution < 1.29 is 4.79 Å². The number of carbonyl (C=O) groups excluding carboxylic acids is 1. The van der Waals surface area contributed by atoms with Gasteiger partial charge in [-0.2, -0.15) is 0 Å². The lowest BCUT2D eigenvalue weighted by molar-refractivity contribution is 0.0707. The van der Waals surface area contributed by atoms with Crippen molar-refractivity contribution in [1.82, 2.24) is 14.5 Å². The Kier molecular flexibility index (Phi) is 4.98. The maximum atomic E-state index is 13.2. The van der Waals surface area contributed by atoms with Gasteiger partial charge >= 0.3 is 0 Å². The molecule has 0 saturated heterocycles. The van der Waals surface area contributed by atoms with E-state index in [2.05, 4.69) is 36.2 Å². The first-order valence-electron chi connectivity index (χ1n) is 8.50. The van der Waals surface area contributed by atoms with E-state index in [1.54, 1.807) is 6.20 Å². The number of aromatic nitrogens is 2. The molecule has 3 rings (SSSR count). The molecule has 1 amide bonds. The maximum absolute atomic E-state index is 13.2. The molecule has 0 bridgehead atoms. The van der Waals surface area contributed by atoms with Gasteiger partial charge in [0, 0.05) is 32.2 Å². The molecule has 2 heterocycles. The molecule has 1 atom stereocenters. The van der Waals surface area contributed by atoms with Gasteiger partial charge in [-0.3, -0.25) is 9.78 Å². The molecule has 0 radical (unpaired) electrons. The summed E-state index contributed by atoms with van der Waals surface area (Å²) in [5, 5.41) is 0. The zero-order valence-electron chi connectivity index (χ0n) is 14.9. The van der Waals surface area contributed by atoms with Gasteiger partial charge in [0.15, 0.2) is 0 Å². The van der Waals surface area contributed by atoms with Crippen LogP contribution in [0.25, 0.3) is 0 Å². The molecule has 3 aromatic rings. The zero-order valence-corrected chi connectivity index (χ0v) is 14.9. The Morgan fingerprint density at radius 3 is 2.44 bits per heavy atom. The summed E-state index contributed by atoms with van der Waals surface area (Å²) in [5.41, 5.74) is 3.98.